The van der Waals surface area contributed by atoms with E-state index in [1.807, 2.05) is 6.92 Å². The Morgan fingerprint density at radius 2 is 2.20 bits per heavy atom. The van der Waals surface area contributed by atoms with Crippen LogP contribution in [0.4, 0.5) is 0 Å². The number of likely N-dealkylation sites (tertiary alicyclic amines) is 1. The van der Waals surface area contributed by atoms with Gasteiger partial charge in [-0.05, 0) is 38.5 Å². The molecular weight excluding hydrogens is 258 g/mol. The quantitative estimate of drug-likeness (QED) is 0.914. The summed E-state index contributed by atoms with van der Waals surface area (Å²) in [6.07, 6.45) is 0.507. The molecule has 0 saturated carbocycles. The number of rotatable bonds is 4. The highest BCUT2D eigenvalue weighted by molar-refractivity contribution is 5.95. The second-order valence-electron chi connectivity index (χ2n) is 4.93. The zero-order chi connectivity index (χ0) is 14.7. The van der Waals surface area contributed by atoms with Crippen LogP contribution >= 0.6 is 0 Å². The Labute approximate surface area is 118 Å². The summed E-state index contributed by atoms with van der Waals surface area (Å²) in [6, 6.07) is 6.72. The van der Waals surface area contributed by atoms with Gasteiger partial charge in [0.1, 0.15) is 5.75 Å². The summed E-state index contributed by atoms with van der Waals surface area (Å²) in [4.78, 5) is 25.2. The summed E-state index contributed by atoms with van der Waals surface area (Å²) in [5, 5.41) is 9.11. The van der Waals surface area contributed by atoms with Gasteiger partial charge in [-0.3, -0.25) is 9.59 Å². The van der Waals surface area contributed by atoms with Crippen molar-refractivity contribution in [2.75, 3.05) is 13.2 Å². The third-order valence-corrected chi connectivity index (χ3v) is 3.72. The fourth-order valence-corrected chi connectivity index (χ4v) is 2.61. The zero-order valence-electron chi connectivity index (χ0n) is 11.7. The second kappa shape index (κ2) is 5.94. The maximum Gasteiger partial charge on any atom is 0.308 e. The molecule has 2 unspecified atom stereocenters. The van der Waals surface area contributed by atoms with Gasteiger partial charge in [-0.25, -0.2) is 0 Å². The first-order valence-electron chi connectivity index (χ1n) is 6.81. The SMILES string of the molecule is CCOc1cccc(C(=O)N2CCC(C(=O)O)C2C)c1. The molecule has 0 spiro atoms. The number of hydrogen-bond acceptors (Lipinski definition) is 3. The van der Waals surface area contributed by atoms with Gasteiger partial charge in [0.15, 0.2) is 0 Å². The van der Waals surface area contributed by atoms with Gasteiger partial charge in [-0.1, -0.05) is 6.07 Å². The highest BCUT2D eigenvalue weighted by Crippen LogP contribution is 2.26. The van der Waals surface area contributed by atoms with Crippen molar-refractivity contribution in [1.82, 2.24) is 4.90 Å². The van der Waals surface area contributed by atoms with E-state index in [2.05, 4.69) is 0 Å². The number of hydrogen-bond donors (Lipinski definition) is 1. The molecular formula is C15H19NO4. The molecule has 5 heteroatoms. The lowest BCUT2D eigenvalue weighted by Crippen LogP contribution is -2.37. The van der Waals surface area contributed by atoms with Crippen molar-refractivity contribution in [2.45, 2.75) is 26.3 Å². The van der Waals surface area contributed by atoms with Crippen molar-refractivity contribution >= 4 is 11.9 Å². The van der Waals surface area contributed by atoms with Gasteiger partial charge in [-0.2, -0.15) is 0 Å². The zero-order valence-corrected chi connectivity index (χ0v) is 11.7. The molecule has 1 heterocycles. The predicted molar refractivity (Wildman–Crippen MR) is 73.9 cm³/mol. The average molecular weight is 277 g/mol. The van der Waals surface area contributed by atoms with Gasteiger partial charge in [0.2, 0.25) is 0 Å². The van der Waals surface area contributed by atoms with Crippen molar-refractivity contribution in [3.05, 3.63) is 29.8 Å². The predicted octanol–water partition coefficient (Wildman–Crippen LogP) is 2.02. The van der Waals surface area contributed by atoms with Crippen molar-refractivity contribution in [3.63, 3.8) is 0 Å². The number of carbonyl (C=O) groups excluding carboxylic acids is 1. The van der Waals surface area contributed by atoms with E-state index in [1.165, 1.54) is 0 Å². The molecule has 20 heavy (non-hydrogen) atoms. The van der Waals surface area contributed by atoms with Crippen LogP contribution in [0.15, 0.2) is 24.3 Å². The third-order valence-electron chi connectivity index (χ3n) is 3.72. The van der Waals surface area contributed by atoms with Gasteiger partial charge in [-0.15, -0.1) is 0 Å². The summed E-state index contributed by atoms with van der Waals surface area (Å²) in [5.74, 6) is -0.798. The normalized spacial score (nSPS) is 21.8. The highest BCUT2D eigenvalue weighted by Gasteiger charge is 2.38. The molecule has 0 aliphatic carbocycles. The molecule has 1 N–H and O–H groups in total. The van der Waals surface area contributed by atoms with Crippen LogP contribution in [0.25, 0.3) is 0 Å². The van der Waals surface area contributed by atoms with Crippen LogP contribution in [0.1, 0.15) is 30.6 Å². The highest BCUT2D eigenvalue weighted by atomic mass is 16.5. The van der Waals surface area contributed by atoms with E-state index in [4.69, 9.17) is 9.84 Å². The summed E-state index contributed by atoms with van der Waals surface area (Å²) in [6.45, 7) is 4.69. The van der Waals surface area contributed by atoms with Crippen LogP contribution in [-0.4, -0.2) is 41.1 Å². The number of carboxylic acid groups (broad SMARTS) is 1. The summed E-state index contributed by atoms with van der Waals surface area (Å²) < 4.78 is 5.38. The summed E-state index contributed by atoms with van der Waals surface area (Å²) in [7, 11) is 0. The van der Waals surface area contributed by atoms with Crippen LogP contribution in [-0.2, 0) is 4.79 Å². The molecule has 0 aromatic heterocycles. The topological polar surface area (TPSA) is 66.8 Å². The summed E-state index contributed by atoms with van der Waals surface area (Å²) in [5.41, 5.74) is 0.536. The van der Waals surface area contributed by atoms with E-state index >= 15 is 0 Å². The first-order valence-corrected chi connectivity index (χ1v) is 6.81. The minimum atomic E-state index is -0.837. The maximum absolute atomic E-state index is 12.5. The Hall–Kier alpha value is -2.04. The van der Waals surface area contributed by atoms with Gasteiger partial charge < -0.3 is 14.7 Å². The van der Waals surface area contributed by atoms with Crippen molar-refractivity contribution < 1.29 is 19.4 Å². The van der Waals surface area contributed by atoms with E-state index in [1.54, 1.807) is 36.1 Å². The number of ether oxygens (including phenoxy) is 1. The van der Waals surface area contributed by atoms with Crippen LogP contribution in [0.5, 0.6) is 5.75 Å². The maximum atomic E-state index is 12.5. The van der Waals surface area contributed by atoms with Crippen molar-refractivity contribution in [2.24, 2.45) is 5.92 Å². The van der Waals surface area contributed by atoms with Gasteiger partial charge in [0.25, 0.3) is 5.91 Å². The fraction of sp³-hybridized carbons (Fsp3) is 0.467. The van der Waals surface area contributed by atoms with Crippen molar-refractivity contribution in [3.8, 4) is 5.75 Å². The molecule has 1 aliphatic rings. The van der Waals surface area contributed by atoms with E-state index in [0.717, 1.165) is 0 Å². The standard InChI is InChI=1S/C15H19NO4/c1-3-20-12-6-4-5-11(9-12)14(17)16-8-7-13(10(16)2)15(18)19/h4-6,9-10,13H,3,7-8H2,1-2H3,(H,18,19). The lowest BCUT2D eigenvalue weighted by Gasteiger charge is -2.23. The van der Waals surface area contributed by atoms with Gasteiger partial charge in [0, 0.05) is 18.2 Å². The Balaban J connectivity index is 2.16. The van der Waals surface area contributed by atoms with Crippen LogP contribution < -0.4 is 4.74 Å². The number of nitrogens with zero attached hydrogens (tertiary/aromatic N) is 1. The molecule has 2 rings (SSSR count). The first kappa shape index (κ1) is 14.4. The molecule has 1 aromatic rings. The molecule has 1 aromatic carbocycles. The molecule has 1 aliphatic heterocycles. The van der Waals surface area contributed by atoms with Gasteiger partial charge in [0.05, 0.1) is 12.5 Å². The number of aliphatic carboxylic acids is 1. The molecule has 0 bridgehead atoms. The molecule has 1 fully saturated rings. The fourth-order valence-electron chi connectivity index (χ4n) is 2.61. The molecule has 108 valence electrons. The van der Waals surface area contributed by atoms with Gasteiger partial charge >= 0.3 is 5.97 Å². The molecule has 1 saturated heterocycles. The van der Waals surface area contributed by atoms with Crippen molar-refractivity contribution in [1.29, 1.82) is 0 Å². The minimum Gasteiger partial charge on any atom is -0.494 e. The molecule has 5 nitrogen and oxygen atoms in total. The molecule has 1 amide bonds. The lowest BCUT2D eigenvalue weighted by atomic mass is 10.0. The Morgan fingerprint density at radius 1 is 1.45 bits per heavy atom. The first-order chi connectivity index (χ1) is 9.54. The molecule has 2 atom stereocenters. The number of carbonyl (C=O) groups is 2. The Kier molecular flexibility index (Phi) is 4.27. The number of carboxylic acids is 1. The van der Waals surface area contributed by atoms with E-state index in [0.29, 0.717) is 30.9 Å². The molecule has 0 radical (unpaired) electrons. The average Bonchev–Trinajstić information content (AvgIpc) is 2.80. The third kappa shape index (κ3) is 2.76. The van der Waals surface area contributed by atoms with E-state index in [9.17, 15) is 9.59 Å². The lowest BCUT2D eigenvalue weighted by molar-refractivity contribution is -0.142. The largest absolute Gasteiger partial charge is 0.494 e. The summed E-state index contributed by atoms with van der Waals surface area (Å²) >= 11 is 0. The smallest absolute Gasteiger partial charge is 0.308 e. The van der Waals surface area contributed by atoms with E-state index < -0.39 is 11.9 Å². The van der Waals surface area contributed by atoms with Crippen LogP contribution in [0.2, 0.25) is 0 Å². The minimum absolute atomic E-state index is 0.136. The monoisotopic (exact) mass is 277 g/mol. The number of amides is 1. The number of benzene rings is 1. The Bertz CT molecular complexity index is 514. The van der Waals surface area contributed by atoms with E-state index in [-0.39, 0.29) is 11.9 Å². The van der Waals surface area contributed by atoms with Crippen LogP contribution in [0, 0.1) is 5.92 Å². The van der Waals surface area contributed by atoms with Crippen LogP contribution in [0.3, 0.4) is 0 Å². The Morgan fingerprint density at radius 3 is 2.80 bits per heavy atom. The second-order valence-corrected chi connectivity index (χ2v) is 4.93.